The molecular weight excluding hydrogens is 368 g/mol. The lowest BCUT2D eigenvalue weighted by Gasteiger charge is -2.28. The summed E-state index contributed by atoms with van der Waals surface area (Å²) in [6, 6.07) is 13.4. The van der Waals surface area contributed by atoms with Gasteiger partial charge in [0.2, 0.25) is 0 Å². The van der Waals surface area contributed by atoms with Crippen LogP contribution in [-0.4, -0.2) is 12.0 Å². The monoisotopic (exact) mass is 388 g/mol. The molecule has 126 valence electrons. The first kappa shape index (κ1) is 16.8. The molecule has 0 aromatic heterocycles. The highest BCUT2D eigenvalue weighted by atomic mass is 79.9. The third kappa shape index (κ3) is 3.90. The van der Waals surface area contributed by atoms with E-state index in [-0.39, 0.29) is 11.9 Å². The number of nitrogens with one attached hydrogen (secondary N) is 1. The van der Waals surface area contributed by atoms with Gasteiger partial charge in [-0.1, -0.05) is 28.1 Å². The number of aryl methyl sites for hydroxylation is 1. The van der Waals surface area contributed by atoms with Crippen LogP contribution in [0.1, 0.15) is 36.9 Å². The molecule has 1 aliphatic carbocycles. The highest BCUT2D eigenvalue weighted by Crippen LogP contribution is 2.31. The van der Waals surface area contributed by atoms with Crippen molar-refractivity contribution in [1.29, 1.82) is 0 Å². The molecule has 24 heavy (non-hydrogen) atoms. The number of nitrogen functional groups attached to an aromatic ring is 1. The van der Waals surface area contributed by atoms with Crippen LogP contribution in [-0.2, 0) is 11.2 Å². The fourth-order valence-corrected chi connectivity index (χ4v) is 3.45. The molecule has 0 saturated carbocycles. The molecule has 5 heteroatoms. The van der Waals surface area contributed by atoms with Gasteiger partial charge < -0.3 is 15.8 Å². The number of carbonyl (C=O) groups excluding carboxylic acids is 1. The fraction of sp³-hybridized carbons (Fsp3) is 0.316. The number of carbonyl (C=O) groups is 1. The first-order valence-corrected chi connectivity index (χ1v) is 8.93. The molecule has 0 bridgehead atoms. The minimum absolute atomic E-state index is 0.0235. The van der Waals surface area contributed by atoms with Crippen molar-refractivity contribution in [2.24, 2.45) is 0 Å². The summed E-state index contributed by atoms with van der Waals surface area (Å²) < 4.78 is 6.67. The Morgan fingerprint density at radius 1 is 1.33 bits per heavy atom. The number of nitrogens with two attached hydrogens (primary N) is 1. The number of ether oxygens (including phenoxy) is 1. The van der Waals surface area contributed by atoms with Crippen LogP contribution in [0.3, 0.4) is 0 Å². The maximum Gasteiger partial charge on any atom is 0.261 e. The summed E-state index contributed by atoms with van der Waals surface area (Å²) in [7, 11) is 0. The summed E-state index contributed by atoms with van der Waals surface area (Å²) in [5.41, 5.74) is 9.03. The van der Waals surface area contributed by atoms with Crippen molar-refractivity contribution in [3.8, 4) is 5.75 Å². The third-order valence-corrected chi connectivity index (χ3v) is 4.77. The van der Waals surface area contributed by atoms with Crippen LogP contribution in [0.15, 0.2) is 46.9 Å². The van der Waals surface area contributed by atoms with Crippen LogP contribution in [0.4, 0.5) is 5.69 Å². The topological polar surface area (TPSA) is 64.3 Å². The van der Waals surface area contributed by atoms with Gasteiger partial charge in [0.05, 0.1) is 6.04 Å². The van der Waals surface area contributed by atoms with Crippen LogP contribution in [0.5, 0.6) is 5.75 Å². The van der Waals surface area contributed by atoms with Crippen molar-refractivity contribution >= 4 is 27.5 Å². The Morgan fingerprint density at radius 2 is 2.17 bits per heavy atom. The van der Waals surface area contributed by atoms with Gasteiger partial charge in [0, 0.05) is 10.2 Å². The van der Waals surface area contributed by atoms with E-state index in [0.29, 0.717) is 5.75 Å². The molecule has 2 aromatic rings. The van der Waals surface area contributed by atoms with Gasteiger partial charge in [0.1, 0.15) is 5.75 Å². The van der Waals surface area contributed by atoms with Gasteiger partial charge in [-0.15, -0.1) is 0 Å². The first-order valence-electron chi connectivity index (χ1n) is 8.14. The summed E-state index contributed by atoms with van der Waals surface area (Å²) in [6.07, 6.45) is 2.43. The lowest BCUT2D eigenvalue weighted by Crippen LogP contribution is -2.39. The number of hydrogen-bond acceptors (Lipinski definition) is 3. The zero-order valence-electron chi connectivity index (χ0n) is 13.6. The Labute approximate surface area is 150 Å². The Balaban J connectivity index is 1.67. The standard InChI is InChI=1S/C19H21BrN2O2/c1-12(24-16-6-3-5-14(20)11-16)19(23)22-18-7-2-4-13-10-15(21)8-9-17(13)18/h3,5-6,8-12,18H,2,4,7,21H2,1H3,(H,22,23). The fourth-order valence-electron chi connectivity index (χ4n) is 3.07. The number of rotatable bonds is 4. The second-order valence-corrected chi connectivity index (χ2v) is 7.04. The second kappa shape index (κ2) is 7.26. The minimum atomic E-state index is -0.557. The zero-order chi connectivity index (χ0) is 17.1. The summed E-state index contributed by atoms with van der Waals surface area (Å²) >= 11 is 3.40. The molecule has 0 heterocycles. The van der Waals surface area contributed by atoms with Crippen LogP contribution in [0, 0.1) is 0 Å². The van der Waals surface area contributed by atoms with Crippen LogP contribution < -0.4 is 15.8 Å². The minimum Gasteiger partial charge on any atom is -0.481 e. The van der Waals surface area contributed by atoms with Gasteiger partial charge in [-0.05, 0) is 67.6 Å². The largest absolute Gasteiger partial charge is 0.481 e. The van der Waals surface area contributed by atoms with Crippen molar-refractivity contribution in [3.05, 3.63) is 58.1 Å². The predicted molar refractivity (Wildman–Crippen MR) is 98.9 cm³/mol. The third-order valence-electron chi connectivity index (χ3n) is 4.28. The Kier molecular flexibility index (Phi) is 5.09. The first-order chi connectivity index (χ1) is 11.5. The molecule has 0 fully saturated rings. The average Bonchev–Trinajstić information content (AvgIpc) is 2.54. The smallest absolute Gasteiger partial charge is 0.261 e. The Hall–Kier alpha value is -2.01. The number of halogens is 1. The maximum absolute atomic E-state index is 12.5. The van der Waals surface area contributed by atoms with E-state index >= 15 is 0 Å². The molecule has 4 nitrogen and oxygen atoms in total. The number of amides is 1. The SMILES string of the molecule is CC(Oc1cccc(Br)c1)C(=O)NC1CCCc2cc(N)ccc21. The molecule has 1 aliphatic rings. The highest BCUT2D eigenvalue weighted by Gasteiger charge is 2.24. The molecule has 0 aliphatic heterocycles. The number of hydrogen-bond donors (Lipinski definition) is 2. The summed E-state index contributed by atoms with van der Waals surface area (Å²) in [5, 5.41) is 3.11. The molecule has 0 spiro atoms. The van der Waals surface area contributed by atoms with Gasteiger partial charge >= 0.3 is 0 Å². The second-order valence-electron chi connectivity index (χ2n) is 6.13. The number of anilines is 1. The van der Waals surface area contributed by atoms with Crippen LogP contribution >= 0.6 is 15.9 Å². The van der Waals surface area contributed by atoms with E-state index < -0.39 is 6.10 Å². The van der Waals surface area contributed by atoms with E-state index in [2.05, 4.69) is 21.2 Å². The number of fused-ring (bicyclic) bond motifs is 1. The Morgan fingerprint density at radius 3 is 2.96 bits per heavy atom. The lowest BCUT2D eigenvalue weighted by atomic mass is 9.87. The molecule has 0 radical (unpaired) electrons. The highest BCUT2D eigenvalue weighted by molar-refractivity contribution is 9.10. The molecule has 1 amide bonds. The van der Waals surface area contributed by atoms with Crippen molar-refractivity contribution in [2.75, 3.05) is 5.73 Å². The summed E-state index contributed by atoms with van der Waals surface area (Å²) in [4.78, 5) is 12.5. The molecule has 3 N–H and O–H groups in total. The summed E-state index contributed by atoms with van der Waals surface area (Å²) in [5.74, 6) is 0.563. The molecule has 3 rings (SSSR count). The van der Waals surface area contributed by atoms with Crippen molar-refractivity contribution in [2.45, 2.75) is 38.3 Å². The predicted octanol–water partition coefficient (Wildman–Crippen LogP) is 3.99. The van der Waals surface area contributed by atoms with Gasteiger partial charge in [0.25, 0.3) is 5.91 Å². The van der Waals surface area contributed by atoms with Crippen LogP contribution in [0.25, 0.3) is 0 Å². The van der Waals surface area contributed by atoms with Crippen molar-refractivity contribution in [1.82, 2.24) is 5.32 Å². The molecule has 0 saturated heterocycles. The van der Waals surface area contributed by atoms with E-state index in [9.17, 15) is 4.79 Å². The van der Waals surface area contributed by atoms with Gasteiger partial charge in [-0.25, -0.2) is 0 Å². The van der Waals surface area contributed by atoms with Crippen LogP contribution in [0.2, 0.25) is 0 Å². The van der Waals surface area contributed by atoms with E-state index in [1.54, 1.807) is 6.92 Å². The van der Waals surface area contributed by atoms with Gasteiger partial charge in [-0.2, -0.15) is 0 Å². The number of benzene rings is 2. The van der Waals surface area contributed by atoms with E-state index in [1.165, 1.54) is 11.1 Å². The van der Waals surface area contributed by atoms with Crippen molar-refractivity contribution in [3.63, 3.8) is 0 Å². The normalized spacial score (nSPS) is 17.7. The maximum atomic E-state index is 12.5. The van der Waals surface area contributed by atoms with E-state index in [0.717, 1.165) is 29.4 Å². The lowest BCUT2D eigenvalue weighted by molar-refractivity contribution is -0.128. The molecule has 2 unspecified atom stereocenters. The van der Waals surface area contributed by atoms with E-state index in [1.807, 2.05) is 42.5 Å². The van der Waals surface area contributed by atoms with Gasteiger partial charge in [-0.3, -0.25) is 4.79 Å². The van der Waals surface area contributed by atoms with E-state index in [4.69, 9.17) is 10.5 Å². The quantitative estimate of drug-likeness (QED) is 0.778. The Bertz CT molecular complexity index is 748. The summed E-state index contributed by atoms with van der Waals surface area (Å²) in [6.45, 7) is 1.77. The molecule has 2 aromatic carbocycles. The molecular formula is C19H21BrN2O2. The average molecular weight is 389 g/mol. The van der Waals surface area contributed by atoms with Gasteiger partial charge in [0.15, 0.2) is 6.10 Å². The van der Waals surface area contributed by atoms with Crippen molar-refractivity contribution < 1.29 is 9.53 Å². The zero-order valence-corrected chi connectivity index (χ0v) is 15.2. The molecule has 2 atom stereocenters.